The van der Waals surface area contributed by atoms with Crippen molar-refractivity contribution in [3.05, 3.63) is 64.1 Å². The van der Waals surface area contributed by atoms with Crippen LogP contribution in [0.3, 0.4) is 0 Å². The van der Waals surface area contributed by atoms with Crippen molar-refractivity contribution in [2.45, 2.75) is 24.7 Å². The van der Waals surface area contributed by atoms with Gasteiger partial charge in [0.15, 0.2) is 5.82 Å². The predicted molar refractivity (Wildman–Crippen MR) is 121 cm³/mol. The second kappa shape index (κ2) is 8.41. The van der Waals surface area contributed by atoms with Gasteiger partial charge in [-0.1, -0.05) is 35.3 Å². The van der Waals surface area contributed by atoms with E-state index in [1.165, 1.54) is 25.0 Å². The summed E-state index contributed by atoms with van der Waals surface area (Å²) in [6, 6.07) is 13.7. The lowest BCUT2D eigenvalue weighted by Gasteiger charge is -2.15. The Labute approximate surface area is 185 Å². The lowest BCUT2D eigenvalue weighted by Crippen LogP contribution is -2.19. The van der Waals surface area contributed by atoms with E-state index in [0.717, 1.165) is 30.2 Å². The van der Waals surface area contributed by atoms with E-state index >= 15 is 0 Å². The molecule has 1 saturated heterocycles. The minimum absolute atomic E-state index is 0.0153. The van der Waals surface area contributed by atoms with Gasteiger partial charge in [0.05, 0.1) is 10.7 Å². The molecule has 6 nitrogen and oxygen atoms in total. The van der Waals surface area contributed by atoms with Crippen molar-refractivity contribution in [2.24, 2.45) is 0 Å². The number of rotatable bonds is 5. The summed E-state index contributed by atoms with van der Waals surface area (Å²) in [5.74, 6) is 0.885. The molecule has 9 heteroatoms. The Bertz CT molecular complexity index is 1160. The van der Waals surface area contributed by atoms with Gasteiger partial charge in [-0.05, 0) is 61.7 Å². The maximum Gasteiger partial charge on any atom is 0.263 e. The SMILES string of the molecule is Cc1cc(S(=O)(=O)Nc2ccc(-c3ccc(N4CCCC4)nn3)cc2)c(Cl)cc1Cl. The normalized spacial score (nSPS) is 14.2. The zero-order chi connectivity index (χ0) is 21.3. The fraction of sp³-hybridized carbons (Fsp3) is 0.238. The molecule has 2 heterocycles. The topological polar surface area (TPSA) is 75.2 Å². The van der Waals surface area contributed by atoms with Gasteiger partial charge in [-0.25, -0.2) is 8.42 Å². The highest BCUT2D eigenvalue weighted by Crippen LogP contribution is 2.30. The van der Waals surface area contributed by atoms with Crippen molar-refractivity contribution in [1.29, 1.82) is 0 Å². The van der Waals surface area contributed by atoms with E-state index in [2.05, 4.69) is 19.8 Å². The second-order valence-electron chi connectivity index (χ2n) is 7.19. The van der Waals surface area contributed by atoms with Gasteiger partial charge in [0.2, 0.25) is 0 Å². The van der Waals surface area contributed by atoms with Crippen molar-refractivity contribution in [1.82, 2.24) is 10.2 Å². The van der Waals surface area contributed by atoms with E-state index in [1.807, 2.05) is 12.1 Å². The molecule has 0 bridgehead atoms. The Morgan fingerprint density at radius 2 is 1.63 bits per heavy atom. The zero-order valence-electron chi connectivity index (χ0n) is 16.3. The van der Waals surface area contributed by atoms with E-state index in [0.29, 0.717) is 16.3 Å². The molecular formula is C21H20Cl2N4O2S. The Morgan fingerprint density at radius 1 is 0.933 bits per heavy atom. The van der Waals surface area contributed by atoms with Gasteiger partial charge >= 0.3 is 0 Å². The van der Waals surface area contributed by atoms with E-state index in [4.69, 9.17) is 23.2 Å². The van der Waals surface area contributed by atoms with Crippen molar-refractivity contribution in [2.75, 3.05) is 22.7 Å². The number of halogens is 2. The molecular weight excluding hydrogens is 443 g/mol. The van der Waals surface area contributed by atoms with E-state index in [9.17, 15) is 8.42 Å². The summed E-state index contributed by atoms with van der Waals surface area (Å²) in [7, 11) is -3.85. The Kier molecular flexibility index (Phi) is 5.86. The van der Waals surface area contributed by atoms with Gasteiger partial charge in [0.1, 0.15) is 4.90 Å². The largest absolute Gasteiger partial charge is 0.355 e. The molecule has 156 valence electrons. The number of hydrogen-bond acceptors (Lipinski definition) is 5. The fourth-order valence-electron chi connectivity index (χ4n) is 3.35. The molecule has 0 saturated carbocycles. The highest BCUT2D eigenvalue weighted by Gasteiger charge is 2.20. The van der Waals surface area contributed by atoms with Crippen LogP contribution in [0.2, 0.25) is 10.0 Å². The van der Waals surface area contributed by atoms with Crippen LogP contribution in [0.25, 0.3) is 11.3 Å². The number of anilines is 2. The standard InChI is InChI=1S/C21H20Cl2N4O2S/c1-14-12-20(18(23)13-17(14)22)30(28,29)26-16-6-4-15(5-7-16)19-8-9-21(25-24-19)27-10-2-3-11-27/h4-9,12-13,26H,2-3,10-11H2,1H3. The molecule has 1 N–H and O–H groups in total. The highest BCUT2D eigenvalue weighted by atomic mass is 35.5. The maximum atomic E-state index is 12.7. The molecule has 1 aromatic heterocycles. The zero-order valence-corrected chi connectivity index (χ0v) is 18.6. The second-order valence-corrected chi connectivity index (χ2v) is 9.65. The van der Waals surface area contributed by atoms with Gasteiger partial charge < -0.3 is 4.90 Å². The number of sulfonamides is 1. The van der Waals surface area contributed by atoms with Gasteiger partial charge in [-0.15, -0.1) is 10.2 Å². The van der Waals surface area contributed by atoms with E-state index < -0.39 is 10.0 Å². The van der Waals surface area contributed by atoms with Gasteiger partial charge in [-0.3, -0.25) is 4.72 Å². The molecule has 1 aliphatic rings. The highest BCUT2D eigenvalue weighted by molar-refractivity contribution is 7.92. The van der Waals surface area contributed by atoms with Crippen LogP contribution in [0.4, 0.5) is 11.5 Å². The molecule has 4 rings (SSSR count). The van der Waals surface area contributed by atoms with Gasteiger partial charge in [0, 0.05) is 29.4 Å². The number of hydrogen-bond donors (Lipinski definition) is 1. The predicted octanol–water partition coefficient (Wildman–Crippen LogP) is 5.16. The van der Waals surface area contributed by atoms with E-state index in [-0.39, 0.29) is 9.92 Å². The van der Waals surface area contributed by atoms with Crippen molar-refractivity contribution in [3.63, 3.8) is 0 Å². The third-order valence-corrected chi connectivity index (χ3v) is 7.27. The number of benzene rings is 2. The maximum absolute atomic E-state index is 12.7. The lowest BCUT2D eigenvalue weighted by molar-refractivity contribution is 0.601. The summed E-state index contributed by atoms with van der Waals surface area (Å²) in [6.07, 6.45) is 2.36. The first kappa shape index (κ1) is 20.9. The van der Waals surface area contributed by atoms with Crippen LogP contribution in [0, 0.1) is 6.92 Å². The molecule has 0 radical (unpaired) electrons. The average molecular weight is 463 g/mol. The third kappa shape index (κ3) is 4.38. The molecule has 2 aromatic carbocycles. The van der Waals surface area contributed by atoms with Gasteiger partial charge in [-0.2, -0.15) is 0 Å². The summed E-state index contributed by atoms with van der Waals surface area (Å²) in [5, 5.41) is 9.13. The number of nitrogens with one attached hydrogen (secondary N) is 1. The van der Waals surface area contributed by atoms with Crippen LogP contribution in [0.15, 0.2) is 53.4 Å². The first-order chi connectivity index (χ1) is 14.3. The van der Waals surface area contributed by atoms with Crippen molar-refractivity contribution >= 4 is 44.7 Å². The molecule has 0 unspecified atom stereocenters. The monoisotopic (exact) mass is 462 g/mol. The summed E-state index contributed by atoms with van der Waals surface area (Å²) in [5.41, 5.74) is 2.62. The molecule has 1 fully saturated rings. The van der Waals surface area contributed by atoms with Crippen LogP contribution in [-0.4, -0.2) is 31.7 Å². The van der Waals surface area contributed by atoms with Crippen LogP contribution in [-0.2, 0) is 10.0 Å². The number of nitrogens with zero attached hydrogens (tertiary/aromatic N) is 3. The Balaban J connectivity index is 1.51. The molecule has 0 aliphatic carbocycles. The summed E-state index contributed by atoms with van der Waals surface area (Å²) < 4.78 is 28.0. The first-order valence-corrected chi connectivity index (χ1v) is 11.7. The molecule has 0 amide bonds. The minimum atomic E-state index is -3.85. The van der Waals surface area contributed by atoms with E-state index in [1.54, 1.807) is 31.2 Å². The Hall–Kier alpha value is -2.35. The third-order valence-electron chi connectivity index (χ3n) is 5.02. The van der Waals surface area contributed by atoms with Crippen LogP contribution >= 0.6 is 23.2 Å². The molecule has 1 aliphatic heterocycles. The van der Waals surface area contributed by atoms with Crippen LogP contribution in [0.1, 0.15) is 18.4 Å². The molecule has 3 aromatic rings. The quantitative estimate of drug-likeness (QED) is 0.566. The molecule has 30 heavy (non-hydrogen) atoms. The molecule has 0 atom stereocenters. The summed E-state index contributed by atoms with van der Waals surface area (Å²) >= 11 is 12.1. The van der Waals surface area contributed by atoms with Crippen molar-refractivity contribution in [3.8, 4) is 11.3 Å². The lowest BCUT2D eigenvalue weighted by atomic mass is 10.1. The van der Waals surface area contributed by atoms with Gasteiger partial charge in [0.25, 0.3) is 10.0 Å². The minimum Gasteiger partial charge on any atom is -0.355 e. The number of aryl methyl sites for hydroxylation is 1. The fourth-order valence-corrected chi connectivity index (χ4v) is 5.24. The summed E-state index contributed by atoms with van der Waals surface area (Å²) in [6.45, 7) is 3.75. The molecule has 0 spiro atoms. The van der Waals surface area contributed by atoms with Crippen LogP contribution in [0.5, 0.6) is 0 Å². The number of aromatic nitrogens is 2. The van der Waals surface area contributed by atoms with Crippen molar-refractivity contribution < 1.29 is 8.42 Å². The first-order valence-electron chi connectivity index (χ1n) is 9.51. The average Bonchev–Trinajstić information content (AvgIpc) is 3.26. The van der Waals surface area contributed by atoms with Crippen LogP contribution < -0.4 is 9.62 Å². The summed E-state index contributed by atoms with van der Waals surface area (Å²) in [4.78, 5) is 2.21. The Morgan fingerprint density at radius 3 is 2.27 bits per heavy atom. The smallest absolute Gasteiger partial charge is 0.263 e.